The Kier molecular flexibility index (Phi) is 2.09. The lowest BCUT2D eigenvalue weighted by molar-refractivity contribution is 1.65. The summed E-state index contributed by atoms with van der Waals surface area (Å²) in [7, 11) is 0. The molecule has 66 valence electrons. The normalized spacial score (nSPS) is 10.5. The number of nitrogen functional groups attached to an aromatic ring is 1. The molecule has 1 heterocycles. The average Bonchev–Trinajstić information content (AvgIpc) is 2.15. The standard InChI is InChI=1S/C9H6BrNOS/c10-7-8(12)5-3-1-2-4-6(5)13-9(7)11/h1-4H,11H2. The minimum atomic E-state index is -0.0353. The molecule has 0 fully saturated rings. The van der Waals surface area contributed by atoms with Gasteiger partial charge in [0.1, 0.15) is 5.00 Å². The van der Waals surface area contributed by atoms with Crippen molar-refractivity contribution in [3.05, 3.63) is 39.0 Å². The third kappa shape index (κ3) is 1.36. The molecule has 1 aromatic carbocycles. The van der Waals surface area contributed by atoms with E-state index in [2.05, 4.69) is 15.9 Å². The van der Waals surface area contributed by atoms with Crippen LogP contribution in [0.4, 0.5) is 5.00 Å². The molecular formula is C9H6BrNOS. The van der Waals surface area contributed by atoms with E-state index < -0.39 is 0 Å². The maximum Gasteiger partial charge on any atom is 0.204 e. The van der Waals surface area contributed by atoms with Gasteiger partial charge in [-0.3, -0.25) is 4.79 Å². The monoisotopic (exact) mass is 255 g/mol. The van der Waals surface area contributed by atoms with E-state index in [0.717, 1.165) is 4.70 Å². The second kappa shape index (κ2) is 3.12. The molecule has 0 aliphatic heterocycles. The maximum atomic E-state index is 11.6. The van der Waals surface area contributed by atoms with Crippen LogP contribution in [0.25, 0.3) is 10.1 Å². The Labute approximate surface area is 87.1 Å². The molecule has 0 amide bonds. The molecule has 0 aliphatic rings. The molecule has 0 aliphatic carbocycles. The molecular weight excluding hydrogens is 250 g/mol. The average molecular weight is 256 g/mol. The Balaban J connectivity index is 3.03. The Morgan fingerprint density at radius 3 is 2.77 bits per heavy atom. The van der Waals surface area contributed by atoms with Crippen molar-refractivity contribution in [1.82, 2.24) is 0 Å². The molecule has 2 nitrogen and oxygen atoms in total. The highest BCUT2D eigenvalue weighted by Gasteiger charge is 2.06. The van der Waals surface area contributed by atoms with Gasteiger partial charge < -0.3 is 5.73 Å². The van der Waals surface area contributed by atoms with E-state index in [4.69, 9.17) is 5.73 Å². The minimum Gasteiger partial charge on any atom is -0.390 e. The predicted molar refractivity (Wildman–Crippen MR) is 60.2 cm³/mol. The third-order valence-electron chi connectivity index (χ3n) is 1.77. The van der Waals surface area contributed by atoms with Crippen LogP contribution >= 0.6 is 27.3 Å². The highest BCUT2D eigenvalue weighted by Crippen LogP contribution is 2.26. The van der Waals surface area contributed by atoms with Crippen LogP contribution in [0.3, 0.4) is 0 Å². The maximum absolute atomic E-state index is 11.6. The summed E-state index contributed by atoms with van der Waals surface area (Å²) in [6, 6.07) is 7.44. The van der Waals surface area contributed by atoms with Gasteiger partial charge >= 0.3 is 0 Å². The predicted octanol–water partition coefficient (Wildman–Crippen LogP) is 2.61. The molecule has 13 heavy (non-hydrogen) atoms. The lowest BCUT2D eigenvalue weighted by atomic mass is 10.2. The van der Waals surface area contributed by atoms with Crippen molar-refractivity contribution in [3.8, 4) is 0 Å². The molecule has 0 unspecified atom stereocenters. The molecule has 4 heteroatoms. The highest BCUT2D eigenvalue weighted by molar-refractivity contribution is 9.10. The molecule has 2 N–H and O–H groups in total. The van der Waals surface area contributed by atoms with E-state index in [1.165, 1.54) is 11.3 Å². The van der Waals surface area contributed by atoms with Crippen molar-refractivity contribution in [1.29, 1.82) is 0 Å². The molecule has 0 atom stereocenters. The Morgan fingerprint density at radius 1 is 1.31 bits per heavy atom. The smallest absolute Gasteiger partial charge is 0.204 e. The van der Waals surface area contributed by atoms with Crippen molar-refractivity contribution in [2.24, 2.45) is 0 Å². The number of benzene rings is 1. The van der Waals surface area contributed by atoms with Gasteiger partial charge in [0.25, 0.3) is 0 Å². The molecule has 0 radical (unpaired) electrons. The van der Waals surface area contributed by atoms with Crippen molar-refractivity contribution in [3.63, 3.8) is 0 Å². The minimum absolute atomic E-state index is 0.0353. The topological polar surface area (TPSA) is 43.1 Å². The summed E-state index contributed by atoms with van der Waals surface area (Å²) in [4.78, 5) is 11.6. The number of rotatable bonds is 0. The zero-order chi connectivity index (χ0) is 9.42. The summed E-state index contributed by atoms with van der Waals surface area (Å²) in [5, 5.41) is 1.25. The van der Waals surface area contributed by atoms with Gasteiger partial charge in [0.05, 0.1) is 4.47 Å². The van der Waals surface area contributed by atoms with Crippen molar-refractivity contribution in [2.45, 2.75) is 0 Å². The first-order valence-corrected chi connectivity index (χ1v) is 5.28. The number of anilines is 1. The quantitative estimate of drug-likeness (QED) is 0.787. The van der Waals surface area contributed by atoms with Crippen LogP contribution < -0.4 is 11.2 Å². The Bertz CT molecular complexity index is 520. The second-order valence-electron chi connectivity index (χ2n) is 2.61. The molecule has 2 aromatic rings. The van der Waals surface area contributed by atoms with E-state index in [9.17, 15) is 4.79 Å². The lowest BCUT2D eigenvalue weighted by Crippen LogP contribution is -2.03. The van der Waals surface area contributed by atoms with Gasteiger partial charge in [-0.15, -0.1) is 11.3 Å². The van der Waals surface area contributed by atoms with Gasteiger partial charge in [-0.1, -0.05) is 12.1 Å². The number of hydrogen-bond donors (Lipinski definition) is 1. The second-order valence-corrected chi connectivity index (χ2v) is 4.48. The van der Waals surface area contributed by atoms with Gasteiger partial charge in [0.2, 0.25) is 5.43 Å². The van der Waals surface area contributed by atoms with E-state index in [0.29, 0.717) is 14.9 Å². The number of fused-ring (bicyclic) bond motifs is 1. The van der Waals surface area contributed by atoms with Crippen LogP contribution in [0.15, 0.2) is 33.5 Å². The zero-order valence-electron chi connectivity index (χ0n) is 6.58. The van der Waals surface area contributed by atoms with Gasteiger partial charge in [-0.2, -0.15) is 0 Å². The fourth-order valence-corrected chi connectivity index (χ4v) is 2.43. The van der Waals surface area contributed by atoms with E-state index in [1.807, 2.05) is 18.2 Å². The number of hydrogen-bond acceptors (Lipinski definition) is 3. The highest BCUT2D eigenvalue weighted by atomic mass is 79.9. The van der Waals surface area contributed by atoms with Crippen LogP contribution in [0, 0.1) is 0 Å². The van der Waals surface area contributed by atoms with Crippen LogP contribution in [0.1, 0.15) is 0 Å². The van der Waals surface area contributed by atoms with Crippen LogP contribution in [0.5, 0.6) is 0 Å². The molecule has 0 saturated heterocycles. The summed E-state index contributed by atoms with van der Waals surface area (Å²) >= 11 is 4.59. The lowest BCUT2D eigenvalue weighted by Gasteiger charge is -1.99. The fraction of sp³-hybridized carbons (Fsp3) is 0. The molecule has 1 aromatic heterocycles. The first kappa shape index (κ1) is 8.72. The summed E-state index contributed by atoms with van der Waals surface area (Å²) in [6.45, 7) is 0. The third-order valence-corrected chi connectivity index (χ3v) is 3.82. The van der Waals surface area contributed by atoms with Gasteiger partial charge in [-0.05, 0) is 28.1 Å². The zero-order valence-corrected chi connectivity index (χ0v) is 8.98. The van der Waals surface area contributed by atoms with E-state index in [1.54, 1.807) is 6.07 Å². The van der Waals surface area contributed by atoms with Gasteiger partial charge in [-0.25, -0.2) is 0 Å². The SMILES string of the molecule is Nc1sc2ccccc2c(=O)c1Br. The first-order valence-electron chi connectivity index (χ1n) is 3.67. The van der Waals surface area contributed by atoms with Gasteiger partial charge in [0.15, 0.2) is 0 Å². The summed E-state index contributed by atoms with van der Waals surface area (Å²) in [5.41, 5.74) is 5.62. The van der Waals surface area contributed by atoms with E-state index >= 15 is 0 Å². The fourth-order valence-electron chi connectivity index (χ4n) is 1.14. The Hall–Kier alpha value is -0.870. The first-order chi connectivity index (χ1) is 6.20. The largest absolute Gasteiger partial charge is 0.390 e. The van der Waals surface area contributed by atoms with Crippen LogP contribution in [-0.4, -0.2) is 0 Å². The van der Waals surface area contributed by atoms with E-state index in [-0.39, 0.29) is 5.43 Å². The summed E-state index contributed by atoms with van der Waals surface area (Å²) < 4.78 is 1.39. The van der Waals surface area contributed by atoms with Crippen LogP contribution in [0.2, 0.25) is 0 Å². The molecule has 0 saturated carbocycles. The molecule has 2 rings (SSSR count). The van der Waals surface area contributed by atoms with Crippen molar-refractivity contribution >= 4 is 42.4 Å². The summed E-state index contributed by atoms with van der Waals surface area (Å²) in [6.07, 6.45) is 0. The van der Waals surface area contributed by atoms with Gasteiger partial charge in [0, 0.05) is 10.1 Å². The number of halogens is 1. The number of nitrogens with two attached hydrogens (primary N) is 1. The van der Waals surface area contributed by atoms with Crippen LogP contribution in [-0.2, 0) is 0 Å². The van der Waals surface area contributed by atoms with Crippen molar-refractivity contribution < 1.29 is 0 Å². The Morgan fingerprint density at radius 2 is 2.00 bits per heavy atom. The molecule has 0 bridgehead atoms. The molecule has 0 spiro atoms. The summed E-state index contributed by atoms with van der Waals surface area (Å²) in [5.74, 6) is 0. The van der Waals surface area contributed by atoms with Crippen molar-refractivity contribution in [2.75, 3.05) is 5.73 Å².